The molecule has 0 unspecified atom stereocenters. The molecule has 1 aliphatic rings. The van der Waals surface area contributed by atoms with E-state index >= 15 is 0 Å². The lowest BCUT2D eigenvalue weighted by molar-refractivity contribution is 0.143. The highest BCUT2D eigenvalue weighted by molar-refractivity contribution is 5.90. The molecule has 1 aromatic heterocycles. The molecular weight excluding hydrogens is 386 g/mol. The molecule has 1 fully saturated rings. The molecule has 164 valence electrons. The maximum absolute atomic E-state index is 12.7. The van der Waals surface area contributed by atoms with Crippen molar-refractivity contribution in [3.8, 4) is 17.2 Å². The first-order valence-corrected chi connectivity index (χ1v) is 10.0. The SMILES string of the molecule is COc1cc(NC(=O)N2CCN(CCn3nc(C)cc3C)CC2)cc(OC)c1OC. The van der Waals surface area contributed by atoms with Gasteiger partial charge >= 0.3 is 6.03 Å². The minimum atomic E-state index is -0.137. The average molecular weight is 418 g/mol. The highest BCUT2D eigenvalue weighted by Gasteiger charge is 2.22. The fourth-order valence-corrected chi connectivity index (χ4v) is 3.67. The molecule has 0 atom stereocenters. The number of rotatable bonds is 7. The van der Waals surface area contributed by atoms with Crippen molar-refractivity contribution < 1.29 is 19.0 Å². The number of carbonyl (C=O) groups excluding carboxylic acids is 1. The van der Waals surface area contributed by atoms with E-state index < -0.39 is 0 Å². The van der Waals surface area contributed by atoms with Gasteiger partial charge in [0.05, 0.1) is 39.3 Å². The minimum absolute atomic E-state index is 0.137. The second-order valence-corrected chi connectivity index (χ2v) is 7.32. The van der Waals surface area contributed by atoms with Gasteiger partial charge in [-0.3, -0.25) is 9.58 Å². The number of nitrogens with one attached hydrogen (secondary N) is 1. The number of amides is 2. The Morgan fingerprint density at radius 2 is 1.60 bits per heavy atom. The smallest absolute Gasteiger partial charge is 0.321 e. The molecule has 3 rings (SSSR count). The number of aromatic nitrogens is 2. The molecule has 0 radical (unpaired) electrons. The summed E-state index contributed by atoms with van der Waals surface area (Å²) in [5.41, 5.74) is 2.82. The maximum atomic E-state index is 12.7. The van der Waals surface area contributed by atoms with Gasteiger partial charge in [-0.05, 0) is 19.9 Å². The zero-order valence-electron chi connectivity index (χ0n) is 18.4. The lowest BCUT2D eigenvalue weighted by Gasteiger charge is -2.34. The van der Waals surface area contributed by atoms with Gasteiger partial charge in [-0.15, -0.1) is 0 Å². The van der Waals surface area contributed by atoms with E-state index in [0.717, 1.165) is 31.9 Å². The number of nitrogens with zero attached hydrogens (tertiary/aromatic N) is 4. The standard InChI is InChI=1S/C21H31N5O4/c1-15-12-16(2)26(23-15)11-8-24-6-9-25(10-7-24)21(27)22-17-13-18(28-3)20(30-5)19(14-17)29-4/h12-14H,6-11H2,1-5H3,(H,22,27). The molecule has 9 heteroatoms. The van der Waals surface area contributed by atoms with Crippen molar-refractivity contribution in [2.75, 3.05) is 59.4 Å². The molecule has 1 N–H and O–H groups in total. The zero-order chi connectivity index (χ0) is 21.7. The monoisotopic (exact) mass is 417 g/mol. The first kappa shape index (κ1) is 21.8. The number of ether oxygens (including phenoxy) is 3. The van der Waals surface area contributed by atoms with Crippen molar-refractivity contribution in [2.24, 2.45) is 0 Å². The third-order valence-corrected chi connectivity index (χ3v) is 5.31. The van der Waals surface area contributed by atoms with Crippen molar-refractivity contribution >= 4 is 11.7 Å². The molecule has 0 saturated carbocycles. The van der Waals surface area contributed by atoms with Gasteiger partial charge in [-0.25, -0.2) is 4.79 Å². The Bertz CT molecular complexity index is 849. The molecule has 30 heavy (non-hydrogen) atoms. The van der Waals surface area contributed by atoms with E-state index in [2.05, 4.69) is 28.3 Å². The Labute approximate surface area is 177 Å². The summed E-state index contributed by atoms with van der Waals surface area (Å²) >= 11 is 0. The van der Waals surface area contributed by atoms with Gasteiger partial charge in [0.2, 0.25) is 5.75 Å². The molecule has 0 bridgehead atoms. The third-order valence-electron chi connectivity index (χ3n) is 5.31. The number of anilines is 1. The molecule has 0 spiro atoms. The van der Waals surface area contributed by atoms with Crippen LogP contribution in [0, 0.1) is 13.8 Å². The molecule has 2 aromatic rings. The summed E-state index contributed by atoms with van der Waals surface area (Å²) in [6.45, 7) is 8.88. The highest BCUT2D eigenvalue weighted by atomic mass is 16.5. The van der Waals surface area contributed by atoms with E-state index in [1.54, 1.807) is 33.5 Å². The van der Waals surface area contributed by atoms with Crippen LogP contribution in [-0.2, 0) is 6.54 Å². The van der Waals surface area contributed by atoms with Crippen LogP contribution >= 0.6 is 0 Å². The highest BCUT2D eigenvalue weighted by Crippen LogP contribution is 2.39. The predicted octanol–water partition coefficient (Wildman–Crippen LogP) is 2.38. The Morgan fingerprint density at radius 1 is 0.967 bits per heavy atom. The Kier molecular flexibility index (Phi) is 7.04. The van der Waals surface area contributed by atoms with Crippen LogP contribution in [-0.4, -0.2) is 79.7 Å². The fraction of sp³-hybridized carbons (Fsp3) is 0.524. The van der Waals surface area contributed by atoms with Gasteiger partial charge in [0, 0.05) is 50.6 Å². The summed E-state index contributed by atoms with van der Waals surface area (Å²) in [6.07, 6.45) is 0. The van der Waals surface area contributed by atoms with Crippen LogP contribution < -0.4 is 19.5 Å². The normalized spacial score (nSPS) is 14.5. The molecule has 9 nitrogen and oxygen atoms in total. The van der Waals surface area contributed by atoms with Crippen LogP contribution in [0.2, 0.25) is 0 Å². The average Bonchev–Trinajstić information content (AvgIpc) is 3.08. The fourth-order valence-electron chi connectivity index (χ4n) is 3.67. The molecule has 1 aliphatic heterocycles. The van der Waals surface area contributed by atoms with Crippen molar-refractivity contribution in [2.45, 2.75) is 20.4 Å². The van der Waals surface area contributed by atoms with E-state index in [1.807, 2.05) is 16.5 Å². The summed E-state index contributed by atoms with van der Waals surface area (Å²) in [5.74, 6) is 1.50. The molecule has 2 heterocycles. The molecule has 1 saturated heterocycles. The van der Waals surface area contributed by atoms with Crippen LogP contribution in [0.1, 0.15) is 11.4 Å². The van der Waals surface area contributed by atoms with E-state index in [1.165, 1.54) is 5.69 Å². The number of hydrogen-bond acceptors (Lipinski definition) is 6. The van der Waals surface area contributed by atoms with Gasteiger partial charge in [0.1, 0.15) is 0 Å². The van der Waals surface area contributed by atoms with E-state index in [4.69, 9.17) is 14.2 Å². The van der Waals surface area contributed by atoms with Crippen molar-refractivity contribution in [3.05, 3.63) is 29.6 Å². The van der Waals surface area contributed by atoms with Crippen LogP contribution in [0.25, 0.3) is 0 Å². The Balaban J connectivity index is 1.53. The van der Waals surface area contributed by atoms with Gasteiger partial charge in [0.25, 0.3) is 0 Å². The summed E-state index contributed by atoms with van der Waals surface area (Å²) in [5, 5.41) is 7.45. The summed E-state index contributed by atoms with van der Waals surface area (Å²) in [7, 11) is 4.65. The van der Waals surface area contributed by atoms with Gasteiger partial charge in [-0.1, -0.05) is 0 Å². The zero-order valence-corrected chi connectivity index (χ0v) is 18.4. The summed E-state index contributed by atoms with van der Waals surface area (Å²) < 4.78 is 18.1. The van der Waals surface area contributed by atoms with Crippen molar-refractivity contribution in [1.82, 2.24) is 19.6 Å². The second kappa shape index (κ2) is 9.71. The molecule has 0 aliphatic carbocycles. The third kappa shape index (κ3) is 4.96. The predicted molar refractivity (Wildman–Crippen MR) is 115 cm³/mol. The largest absolute Gasteiger partial charge is 0.493 e. The number of hydrogen-bond donors (Lipinski definition) is 1. The number of piperazine rings is 1. The number of methoxy groups -OCH3 is 3. The summed E-state index contributed by atoms with van der Waals surface area (Å²) in [4.78, 5) is 16.9. The molecule has 1 aromatic carbocycles. The van der Waals surface area contributed by atoms with Crippen LogP contribution in [0.3, 0.4) is 0 Å². The van der Waals surface area contributed by atoms with Crippen LogP contribution in [0.15, 0.2) is 18.2 Å². The van der Waals surface area contributed by atoms with E-state index in [-0.39, 0.29) is 6.03 Å². The number of benzene rings is 1. The number of urea groups is 1. The first-order valence-electron chi connectivity index (χ1n) is 10.0. The topological polar surface area (TPSA) is 81.1 Å². The van der Waals surface area contributed by atoms with Crippen LogP contribution in [0.5, 0.6) is 17.2 Å². The number of aryl methyl sites for hydroxylation is 2. The Hall–Kier alpha value is -2.94. The molecular formula is C21H31N5O4. The quantitative estimate of drug-likeness (QED) is 0.745. The van der Waals surface area contributed by atoms with Crippen LogP contribution in [0.4, 0.5) is 10.5 Å². The van der Waals surface area contributed by atoms with Gasteiger partial charge in [-0.2, -0.15) is 5.10 Å². The lowest BCUT2D eigenvalue weighted by atomic mass is 10.2. The molecule has 2 amide bonds. The Morgan fingerprint density at radius 3 is 2.10 bits per heavy atom. The van der Waals surface area contributed by atoms with Crippen molar-refractivity contribution in [1.29, 1.82) is 0 Å². The maximum Gasteiger partial charge on any atom is 0.321 e. The summed E-state index contributed by atoms with van der Waals surface area (Å²) in [6, 6.07) is 5.40. The van der Waals surface area contributed by atoms with E-state index in [0.29, 0.717) is 36.0 Å². The second-order valence-electron chi connectivity index (χ2n) is 7.32. The van der Waals surface area contributed by atoms with Gasteiger partial charge in [0.15, 0.2) is 11.5 Å². The van der Waals surface area contributed by atoms with Crippen molar-refractivity contribution in [3.63, 3.8) is 0 Å². The minimum Gasteiger partial charge on any atom is -0.493 e. The van der Waals surface area contributed by atoms with Gasteiger partial charge < -0.3 is 24.4 Å². The first-order chi connectivity index (χ1) is 14.4. The number of carbonyl (C=O) groups is 1. The van der Waals surface area contributed by atoms with E-state index in [9.17, 15) is 4.79 Å². The lowest BCUT2D eigenvalue weighted by Crippen LogP contribution is -2.50.